The fraction of sp³-hybridized carbons (Fsp3) is 0.500. The molecule has 1 aliphatic rings. The molecule has 21 heavy (non-hydrogen) atoms. The monoisotopic (exact) mass is 328 g/mol. The van der Waals surface area contributed by atoms with Crippen LogP contribution >= 0.6 is 23.7 Å². The number of carbonyl (C=O) groups excluding carboxylic acids is 1. The molecule has 3 N–H and O–H groups in total. The third-order valence-corrected chi connectivity index (χ3v) is 4.29. The van der Waals surface area contributed by atoms with Gasteiger partial charge in [0.05, 0.1) is 12.2 Å². The van der Waals surface area contributed by atoms with Gasteiger partial charge < -0.3 is 11.1 Å². The Kier molecular flexibility index (Phi) is 5.27. The van der Waals surface area contributed by atoms with Gasteiger partial charge >= 0.3 is 0 Å². The Labute approximate surface area is 132 Å². The number of thiazole rings is 1. The lowest BCUT2D eigenvalue weighted by molar-refractivity contribution is -0.116. The van der Waals surface area contributed by atoms with Crippen molar-refractivity contribution in [2.45, 2.75) is 38.3 Å². The number of nitrogens with two attached hydrogens (primary N) is 1. The van der Waals surface area contributed by atoms with Gasteiger partial charge in [-0.3, -0.25) is 9.48 Å². The van der Waals surface area contributed by atoms with Gasteiger partial charge in [0.2, 0.25) is 5.91 Å². The lowest BCUT2D eigenvalue weighted by atomic mass is 9.99. The lowest BCUT2D eigenvalue weighted by Gasteiger charge is -2.15. The Hall–Kier alpha value is -1.51. The largest absolute Gasteiger partial charge is 0.327 e. The summed E-state index contributed by atoms with van der Waals surface area (Å²) in [7, 11) is 0. The van der Waals surface area contributed by atoms with Crippen LogP contribution in [-0.4, -0.2) is 31.7 Å². The van der Waals surface area contributed by atoms with Gasteiger partial charge in [-0.1, -0.05) is 0 Å². The summed E-state index contributed by atoms with van der Waals surface area (Å²) >= 11 is 1.53. The van der Waals surface area contributed by atoms with Gasteiger partial charge in [0.1, 0.15) is 12.7 Å². The smallest absolute Gasteiger partial charge is 0.228 e. The Morgan fingerprint density at radius 1 is 1.57 bits per heavy atom. The molecular formula is C12H17ClN6OS. The van der Waals surface area contributed by atoms with E-state index in [0.29, 0.717) is 18.1 Å². The first-order valence-corrected chi connectivity index (χ1v) is 7.39. The number of halogens is 1. The first-order valence-electron chi connectivity index (χ1n) is 6.57. The third kappa shape index (κ3) is 3.99. The van der Waals surface area contributed by atoms with Gasteiger partial charge in [0.15, 0.2) is 5.13 Å². The molecule has 2 aromatic heterocycles. The molecule has 0 bridgehead atoms. The van der Waals surface area contributed by atoms with Crippen molar-refractivity contribution in [3.05, 3.63) is 23.2 Å². The molecule has 0 aliphatic heterocycles. The molecule has 1 aliphatic carbocycles. The van der Waals surface area contributed by atoms with Gasteiger partial charge in [0.25, 0.3) is 0 Å². The maximum absolute atomic E-state index is 11.9. The number of carbonyl (C=O) groups is 1. The van der Waals surface area contributed by atoms with Crippen molar-refractivity contribution in [3.8, 4) is 0 Å². The molecule has 2 aromatic rings. The van der Waals surface area contributed by atoms with Crippen LogP contribution in [0.2, 0.25) is 0 Å². The van der Waals surface area contributed by atoms with Crippen molar-refractivity contribution in [2.24, 2.45) is 5.73 Å². The predicted octanol–water partition coefficient (Wildman–Crippen LogP) is 1.00. The van der Waals surface area contributed by atoms with Crippen molar-refractivity contribution in [2.75, 3.05) is 5.32 Å². The van der Waals surface area contributed by atoms with E-state index in [0.717, 1.165) is 25.0 Å². The normalized spacial score (nSPS) is 16.9. The highest BCUT2D eigenvalue weighted by molar-refractivity contribution is 7.15. The second-order valence-corrected chi connectivity index (χ2v) is 5.93. The van der Waals surface area contributed by atoms with Crippen LogP contribution in [0.15, 0.2) is 12.7 Å². The molecule has 0 aromatic carbocycles. The summed E-state index contributed by atoms with van der Waals surface area (Å²) in [4.78, 5) is 21.4. The van der Waals surface area contributed by atoms with E-state index < -0.39 is 0 Å². The maximum atomic E-state index is 11.9. The molecule has 114 valence electrons. The van der Waals surface area contributed by atoms with Crippen LogP contribution in [0.3, 0.4) is 0 Å². The Bertz CT molecular complexity index is 599. The van der Waals surface area contributed by atoms with E-state index in [1.165, 1.54) is 22.5 Å². The van der Waals surface area contributed by atoms with E-state index in [1.807, 2.05) is 0 Å². The number of hydrogen-bond donors (Lipinski definition) is 2. The minimum absolute atomic E-state index is 0. The van der Waals surface area contributed by atoms with Gasteiger partial charge in [-0.25, -0.2) is 9.97 Å². The Morgan fingerprint density at radius 3 is 3.19 bits per heavy atom. The summed E-state index contributed by atoms with van der Waals surface area (Å²) < 4.78 is 1.63. The first-order chi connectivity index (χ1) is 9.70. The van der Waals surface area contributed by atoms with Crippen LogP contribution in [0.4, 0.5) is 5.13 Å². The number of fused-ring (bicyclic) bond motifs is 1. The zero-order chi connectivity index (χ0) is 13.9. The Morgan fingerprint density at radius 2 is 2.43 bits per heavy atom. The number of anilines is 1. The van der Waals surface area contributed by atoms with Crippen molar-refractivity contribution in [1.29, 1.82) is 0 Å². The first kappa shape index (κ1) is 15.9. The molecule has 2 heterocycles. The van der Waals surface area contributed by atoms with Gasteiger partial charge in [-0.05, 0) is 19.3 Å². The van der Waals surface area contributed by atoms with E-state index in [1.54, 1.807) is 11.0 Å². The SMILES string of the molecule is Cl.N[C@H]1CCc2nc(NC(=O)CCn3cncn3)sc2C1. The van der Waals surface area contributed by atoms with Crippen molar-refractivity contribution in [3.63, 3.8) is 0 Å². The molecule has 0 saturated heterocycles. The summed E-state index contributed by atoms with van der Waals surface area (Å²) in [5, 5.41) is 7.47. The molecule has 0 radical (unpaired) electrons. The van der Waals surface area contributed by atoms with E-state index in [9.17, 15) is 4.79 Å². The molecule has 9 heteroatoms. The molecule has 1 amide bonds. The van der Waals surface area contributed by atoms with Crippen LogP contribution in [0, 0.1) is 0 Å². The summed E-state index contributed by atoms with van der Waals surface area (Å²) in [5.41, 5.74) is 7.02. The number of nitrogens with zero attached hydrogens (tertiary/aromatic N) is 4. The molecule has 0 fully saturated rings. The van der Waals surface area contributed by atoms with Crippen molar-refractivity contribution in [1.82, 2.24) is 19.7 Å². The van der Waals surface area contributed by atoms with Crippen LogP contribution in [0.1, 0.15) is 23.4 Å². The summed E-state index contributed by atoms with van der Waals surface area (Å²) in [6.07, 6.45) is 6.14. The highest BCUT2D eigenvalue weighted by Gasteiger charge is 2.20. The molecule has 7 nitrogen and oxygen atoms in total. The zero-order valence-electron chi connectivity index (χ0n) is 11.4. The summed E-state index contributed by atoms with van der Waals surface area (Å²) in [6, 6.07) is 0.221. The van der Waals surface area contributed by atoms with Crippen LogP contribution in [0.5, 0.6) is 0 Å². The minimum Gasteiger partial charge on any atom is -0.327 e. The van der Waals surface area contributed by atoms with Gasteiger partial charge in [-0.2, -0.15) is 5.10 Å². The second-order valence-electron chi connectivity index (χ2n) is 4.85. The van der Waals surface area contributed by atoms with Crippen molar-refractivity contribution >= 4 is 34.8 Å². The van der Waals surface area contributed by atoms with E-state index in [4.69, 9.17) is 5.73 Å². The fourth-order valence-corrected chi connectivity index (χ4v) is 3.32. The van der Waals surface area contributed by atoms with Crippen LogP contribution < -0.4 is 11.1 Å². The molecule has 0 spiro atoms. The molecule has 3 rings (SSSR count). The maximum Gasteiger partial charge on any atom is 0.228 e. The van der Waals surface area contributed by atoms with E-state index >= 15 is 0 Å². The van der Waals surface area contributed by atoms with E-state index in [2.05, 4.69) is 20.4 Å². The second kappa shape index (κ2) is 6.97. The average molecular weight is 329 g/mol. The third-order valence-electron chi connectivity index (χ3n) is 3.26. The Balaban J connectivity index is 0.00000161. The van der Waals surface area contributed by atoms with Crippen molar-refractivity contribution < 1.29 is 4.79 Å². The topological polar surface area (TPSA) is 98.7 Å². The molecular weight excluding hydrogens is 312 g/mol. The number of aryl methyl sites for hydroxylation is 2. The predicted molar refractivity (Wildman–Crippen MR) is 82.6 cm³/mol. The minimum atomic E-state index is -0.0594. The molecule has 1 atom stereocenters. The summed E-state index contributed by atoms with van der Waals surface area (Å²) in [5.74, 6) is -0.0594. The molecule has 0 saturated carbocycles. The summed E-state index contributed by atoms with van der Waals surface area (Å²) in [6.45, 7) is 0.516. The lowest BCUT2D eigenvalue weighted by Crippen LogP contribution is -2.27. The number of aromatic nitrogens is 4. The fourth-order valence-electron chi connectivity index (χ4n) is 2.20. The number of amides is 1. The average Bonchev–Trinajstić information content (AvgIpc) is 3.04. The van der Waals surface area contributed by atoms with Crippen LogP contribution in [-0.2, 0) is 24.2 Å². The van der Waals surface area contributed by atoms with Gasteiger partial charge in [0, 0.05) is 17.3 Å². The zero-order valence-corrected chi connectivity index (χ0v) is 13.0. The van der Waals surface area contributed by atoms with Crippen LogP contribution in [0.25, 0.3) is 0 Å². The van der Waals surface area contributed by atoms with Gasteiger partial charge in [-0.15, -0.1) is 23.7 Å². The number of hydrogen-bond acceptors (Lipinski definition) is 6. The van der Waals surface area contributed by atoms with E-state index in [-0.39, 0.29) is 24.4 Å². The highest BCUT2D eigenvalue weighted by atomic mass is 35.5. The standard InChI is InChI=1S/C12H16N6OS.ClH/c13-8-1-2-9-10(5-8)20-12(16-9)17-11(19)3-4-18-7-14-6-15-18;/h6-8H,1-5,13H2,(H,16,17,19);1H/t8-;/m0./s1. The number of rotatable bonds is 4. The quantitative estimate of drug-likeness (QED) is 0.872. The number of nitrogens with one attached hydrogen (secondary N) is 1. The molecule has 0 unspecified atom stereocenters. The highest BCUT2D eigenvalue weighted by Crippen LogP contribution is 2.29.